The summed E-state index contributed by atoms with van der Waals surface area (Å²) in [6.45, 7) is 1.39. The van der Waals surface area contributed by atoms with Crippen LogP contribution in [0.25, 0.3) is 11.0 Å². The lowest BCUT2D eigenvalue weighted by atomic mass is 10.1. The Morgan fingerprint density at radius 2 is 2.04 bits per heavy atom. The van der Waals surface area contributed by atoms with Crippen molar-refractivity contribution in [3.63, 3.8) is 0 Å². The molecule has 25 heavy (non-hydrogen) atoms. The van der Waals surface area contributed by atoms with Crippen molar-refractivity contribution in [2.75, 3.05) is 14.2 Å². The largest absolute Gasteiger partial charge is 0.469 e. The highest BCUT2D eigenvalue weighted by Gasteiger charge is 2.11. The van der Waals surface area contributed by atoms with Crippen LogP contribution in [0.1, 0.15) is 23.5 Å². The fourth-order valence-electron chi connectivity index (χ4n) is 2.83. The second-order valence-corrected chi connectivity index (χ2v) is 6.06. The van der Waals surface area contributed by atoms with E-state index in [4.69, 9.17) is 4.74 Å². The number of hydrogen-bond acceptors (Lipinski definition) is 5. The number of pyridine rings is 1. The molecule has 2 heterocycles. The number of benzene rings is 1. The molecule has 0 aliphatic rings. The van der Waals surface area contributed by atoms with Crippen molar-refractivity contribution in [1.82, 2.24) is 19.9 Å². The van der Waals surface area contributed by atoms with E-state index >= 15 is 0 Å². The molecule has 6 heteroatoms. The molecule has 1 N–H and O–H groups in total. The average molecular weight is 338 g/mol. The zero-order valence-corrected chi connectivity index (χ0v) is 14.5. The van der Waals surface area contributed by atoms with Crippen LogP contribution in [0.2, 0.25) is 0 Å². The van der Waals surface area contributed by atoms with Crippen LogP contribution in [0.5, 0.6) is 0 Å². The molecule has 3 aromatic rings. The van der Waals surface area contributed by atoms with E-state index in [-0.39, 0.29) is 5.97 Å². The van der Waals surface area contributed by atoms with Crippen LogP contribution < -0.4 is 0 Å². The molecule has 0 unspecified atom stereocenters. The first-order chi connectivity index (χ1) is 12.2. The number of esters is 1. The van der Waals surface area contributed by atoms with Crippen LogP contribution in [-0.2, 0) is 29.0 Å². The quantitative estimate of drug-likeness (QED) is 0.671. The van der Waals surface area contributed by atoms with Gasteiger partial charge in [0.05, 0.1) is 30.4 Å². The molecule has 1 aromatic carbocycles. The molecule has 0 atom stereocenters. The van der Waals surface area contributed by atoms with E-state index in [0.29, 0.717) is 25.9 Å². The molecule has 0 saturated heterocycles. The van der Waals surface area contributed by atoms with Gasteiger partial charge in [0.1, 0.15) is 5.82 Å². The van der Waals surface area contributed by atoms with Gasteiger partial charge < -0.3 is 9.72 Å². The number of H-pyrrole nitrogens is 1. The topological polar surface area (TPSA) is 71.1 Å². The minimum atomic E-state index is -0.203. The van der Waals surface area contributed by atoms with Gasteiger partial charge in [-0.25, -0.2) is 4.98 Å². The maximum atomic E-state index is 11.4. The predicted molar refractivity (Wildman–Crippen MR) is 95.8 cm³/mol. The summed E-state index contributed by atoms with van der Waals surface area (Å²) in [4.78, 5) is 26.0. The summed E-state index contributed by atoms with van der Waals surface area (Å²) in [7, 11) is 3.44. The standard InChI is InChI=1S/C19H22N4O2/c1-23(13-18-21-15-7-3-4-8-16(15)22-18)12-17-14(6-5-11-20-17)9-10-19(24)25-2/h3-8,11H,9-10,12-13H2,1-2H3,(H,21,22). The van der Waals surface area contributed by atoms with Crippen LogP contribution >= 0.6 is 0 Å². The number of aromatic nitrogens is 3. The Balaban J connectivity index is 1.66. The Kier molecular flexibility index (Phi) is 5.40. The molecule has 0 saturated carbocycles. The minimum absolute atomic E-state index is 0.203. The highest BCUT2D eigenvalue weighted by molar-refractivity contribution is 5.74. The third-order valence-corrected chi connectivity index (χ3v) is 4.09. The Bertz CT molecular complexity index is 826. The second-order valence-electron chi connectivity index (χ2n) is 6.06. The van der Waals surface area contributed by atoms with Crippen LogP contribution in [0.15, 0.2) is 42.6 Å². The van der Waals surface area contributed by atoms with Gasteiger partial charge in [0.25, 0.3) is 0 Å². The van der Waals surface area contributed by atoms with Crippen LogP contribution in [0.4, 0.5) is 0 Å². The van der Waals surface area contributed by atoms with E-state index in [1.54, 1.807) is 6.20 Å². The van der Waals surface area contributed by atoms with E-state index in [9.17, 15) is 4.79 Å². The summed E-state index contributed by atoms with van der Waals surface area (Å²) in [5.74, 6) is 0.723. The third kappa shape index (κ3) is 4.42. The first-order valence-electron chi connectivity index (χ1n) is 8.27. The van der Waals surface area contributed by atoms with Gasteiger partial charge in [-0.1, -0.05) is 18.2 Å². The number of ether oxygens (including phenoxy) is 1. The molecule has 0 amide bonds. The molecule has 3 rings (SSSR count). The molecule has 0 radical (unpaired) electrons. The number of methoxy groups -OCH3 is 1. The van der Waals surface area contributed by atoms with E-state index in [2.05, 4.69) is 19.9 Å². The highest BCUT2D eigenvalue weighted by atomic mass is 16.5. The highest BCUT2D eigenvalue weighted by Crippen LogP contribution is 2.14. The lowest BCUT2D eigenvalue weighted by molar-refractivity contribution is -0.140. The number of aromatic amines is 1. The summed E-state index contributed by atoms with van der Waals surface area (Å²) in [6, 6.07) is 11.9. The maximum absolute atomic E-state index is 11.4. The monoisotopic (exact) mass is 338 g/mol. The van der Waals surface area contributed by atoms with Crippen molar-refractivity contribution in [2.24, 2.45) is 0 Å². The third-order valence-electron chi connectivity index (χ3n) is 4.09. The zero-order chi connectivity index (χ0) is 17.6. The fraction of sp³-hybridized carbons (Fsp3) is 0.316. The summed E-state index contributed by atoms with van der Waals surface area (Å²) in [5.41, 5.74) is 4.07. The van der Waals surface area contributed by atoms with Crippen LogP contribution in [0.3, 0.4) is 0 Å². The first kappa shape index (κ1) is 17.1. The van der Waals surface area contributed by atoms with Gasteiger partial charge in [-0.2, -0.15) is 0 Å². The Labute approximate surface area is 146 Å². The molecule has 6 nitrogen and oxygen atoms in total. The fourth-order valence-corrected chi connectivity index (χ4v) is 2.83. The van der Waals surface area contributed by atoms with Crippen molar-refractivity contribution in [3.05, 3.63) is 59.7 Å². The smallest absolute Gasteiger partial charge is 0.305 e. The van der Waals surface area contributed by atoms with Gasteiger partial charge in [-0.05, 0) is 37.2 Å². The molecule has 130 valence electrons. The number of imidazole rings is 1. The Morgan fingerprint density at radius 3 is 2.84 bits per heavy atom. The van der Waals surface area contributed by atoms with Crippen molar-refractivity contribution in [1.29, 1.82) is 0 Å². The normalized spacial score (nSPS) is 11.2. The van der Waals surface area contributed by atoms with Crippen molar-refractivity contribution in [3.8, 4) is 0 Å². The molecule has 0 fully saturated rings. The predicted octanol–water partition coefficient (Wildman–Crippen LogP) is 2.70. The molecular weight excluding hydrogens is 316 g/mol. The summed E-state index contributed by atoms with van der Waals surface area (Å²) >= 11 is 0. The number of nitrogens with one attached hydrogen (secondary N) is 1. The van der Waals surface area contributed by atoms with Gasteiger partial charge in [0.15, 0.2) is 0 Å². The van der Waals surface area contributed by atoms with Gasteiger partial charge >= 0.3 is 5.97 Å². The van der Waals surface area contributed by atoms with Crippen molar-refractivity contribution >= 4 is 17.0 Å². The molecule has 2 aromatic heterocycles. The lowest BCUT2D eigenvalue weighted by Gasteiger charge is -2.16. The van der Waals surface area contributed by atoms with E-state index in [1.807, 2.05) is 43.4 Å². The zero-order valence-electron chi connectivity index (χ0n) is 14.5. The average Bonchev–Trinajstić information content (AvgIpc) is 3.02. The number of nitrogens with zero attached hydrogens (tertiary/aromatic N) is 3. The van der Waals surface area contributed by atoms with Crippen LogP contribution in [0, 0.1) is 0 Å². The molecule has 0 aliphatic heterocycles. The minimum Gasteiger partial charge on any atom is -0.469 e. The summed E-state index contributed by atoms with van der Waals surface area (Å²) in [5, 5.41) is 0. The Hall–Kier alpha value is -2.73. The maximum Gasteiger partial charge on any atom is 0.305 e. The van der Waals surface area contributed by atoms with Crippen LogP contribution in [-0.4, -0.2) is 40.0 Å². The van der Waals surface area contributed by atoms with Gasteiger partial charge in [-0.15, -0.1) is 0 Å². The summed E-state index contributed by atoms with van der Waals surface area (Å²) < 4.78 is 4.72. The van der Waals surface area contributed by atoms with Gasteiger partial charge in [-0.3, -0.25) is 14.7 Å². The number of para-hydroxylation sites is 2. The SMILES string of the molecule is COC(=O)CCc1cccnc1CN(C)Cc1nc2ccccc2[nH]1. The number of hydrogen-bond donors (Lipinski definition) is 1. The number of carbonyl (C=O) groups excluding carboxylic acids is 1. The Morgan fingerprint density at radius 1 is 1.20 bits per heavy atom. The number of fused-ring (bicyclic) bond motifs is 1. The summed E-state index contributed by atoms with van der Waals surface area (Å²) in [6.07, 6.45) is 2.78. The first-order valence-corrected chi connectivity index (χ1v) is 8.27. The van der Waals surface area contributed by atoms with E-state index in [1.165, 1.54) is 7.11 Å². The number of carbonyl (C=O) groups is 1. The van der Waals surface area contributed by atoms with Gasteiger partial charge in [0, 0.05) is 19.2 Å². The molecular formula is C19H22N4O2. The van der Waals surface area contributed by atoms with E-state index < -0.39 is 0 Å². The number of aryl methyl sites for hydroxylation is 1. The van der Waals surface area contributed by atoms with Gasteiger partial charge in [0.2, 0.25) is 0 Å². The van der Waals surface area contributed by atoms with Crippen molar-refractivity contribution in [2.45, 2.75) is 25.9 Å². The second kappa shape index (κ2) is 7.90. The lowest BCUT2D eigenvalue weighted by Crippen LogP contribution is -2.20. The molecule has 0 aliphatic carbocycles. The molecule has 0 bridgehead atoms. The number of rotatable bonds is 7. The van der Waals surface area contributed by atoms with E-state index in [0.717, 1.165) is 28.1 Å². The molecule has 0 spiro atoms. The van der Waals surface area contributed by atoms with Crippen molar-refractivity contribution < 1.29 is 9.53 Å².